The van der Waals surface area contributed by atoms with Crippen LogP contribution in [0.15, 0.2) is 53.1 Å². The Morgan fingerprint density at radius 1 is 1.16 bits per heavy atom. The zero-order valence-electron chi connectivity index (χ0n) is 13.3. The van der Waals surface area contributed by atoms with Gasteiger partial charge in [-0.15, -0.1) is 0 Å². The lowest BCUT2D eigenvalue weighted by atomic mass is 10.0. The minimum atomic E-state index is -4.52. The van der Waals surface area contributed by atoms with Gasteiger partial charge >= 0.3 is 6.18 Å². The van der Waals surface area contributed by atoms with E-state index in [1.165, 1.54) is 0 Å². The number of furan rings is 1. The zero-order valence-corrected chi connectivity index (χ0v) is 13.3. The molecule has 1 unspecified atom stereocenters. The predicted octanol–water partition coefficient (Wildman–Crippen LogP) is 4.11. The number of halogens is 3. The van der Waals surface area contributed by atoms with Crippen molar-refractivity contribution in [3.8, 4) is 0 Å². The topological polar surface area (TPSA) is 58.3 Å². The van der Waals surface area contributed by atoms with Crippen molar-refractivity contribution in [2.24, 2.45) is 5.92 Å². The summed E-state index contributed by atoms with van der Waals surface area (Å²) < 4.78 is 44.5. The van der Waals surface area contributed by atoms with E-state index in [1.54, 1.807) is 42.7 Å². The third kappa shape index (κ3) is 4.11. The van der Waals surface area contributed by atoms with Crippen molar-refractivity contribution >= 4 is 16.6 Å². The van der Waals surface area contributed by atoms with Gasteiger partial charge in [0.05, 0.1) is 11.8 Å². The summed E-state index contributed by atoms with van der Waals surface area (Å²) in [6.45, 7) is 0.200. The SMILES string of the molecule is OCC(CNc1cc(C(F)(F)F)nc2ccccc12)Cc1ccco1. The molecule has 2 N–H and O–H groups in total. The van der Waals surface area contributed by atoms with Crippen molar-refractivity contribution in [3.05, 3.63) is 60.2 Å². The van der Waals surface area contributed by atoms with Gasteiger partial charge in [-0.05, 0) is 24.3 Å². The maximum atomic E-state index is 13.1. The molecule has 2 aromatic heterocycles. The van der Waals surface area contributed by atoms with Crippen LogP contribution in [0.4, 0.5) is 18.9 Å². The Bertz CT molecular complexity index is 832. The number of pyridine rings is 1. The average Bonchev–Trinajstić information content (AvgIpc) is 3.10. The number of aliphatic hydroxyl groups is 1. The van der Waals surface area contributed by atoms with Crippen LogP contribution >= 0.6 is 0 Å². The standard InChI is InChI=1S/C18H17F3N2O2/c19-18(20,21)17-9-16(14-5-1-2-6-15(14)23-17)22-10-12(11-24)8-13-4-3-7-25-13/h1-7,9,12,24H,8,10-11H2,(H,22,23). The third-order valence-electron chi connectivity index (χ3n) is 3.92. The Morgan fingerprint density at radius 3 is 2.64 bits per heavy atom. The number of benzene rings is 1. The van der Waals surface area contributed by atoms with Crippen molar-refractivity contribution in [2.75, 3.05) is 18.5 Å². The van der Waals surface area contributed by atoms with Gasteiger partial charge in [0, 0.05) is 36.6 Å². The van der Waals surface area contributed by atoms with E-state index in [9.17, 15) is 18.3 Å². The number of hydrogen-bond donors (Lipinski definition) is 2. The van der Waals surface area contributed by atoms with Crippen LogP contribution in [-0.4, -0.2) is 23.2 Å². The molecule has 0 bridgehead atoms. The molecular formula is C18H17F3N2O2. The molecule has 0 amide bonds. The number of para-hydroxylation sites is 1. The highest BCUT2D eigenvalue weighted by atomic mass is 19.4. The lowest BCUT2D eigenvalue weighted by Crippen LogP contribution is -2.20. The van der Waals surface area contributed by atoms with Crippen molar-refractivity contribution in [2.45, 2.75) is 12.6 Å². The van der Waals surface area contributed by atoms with Crippen LogP contribution in [0.1, 0.15) is 11.5 Å². The summed E-state index contributed by atoms with van der Waals surface area (Å²) in [4.78, 5) is 3.69. The molecule has 0 spiro atoms. The molecule has 25 heavy (non-hydrogen) atoms. The van der Waals surface area contributed by atoms with Crippen LogP contribution in [0, 0.1) is 5.92 Å². The molecule has 1 aromatic carbocycles. The number of aromatic nitrogens is 1. The first-order valence-electron chi connectivity index (χ1n) is 7.81. The van der Waals surface area contributed by atoms with Crippen LogP contribution in [0.2, 0.25) is 0 Å². The third-order valence-corrected chi connectivity index (χ3v) is 3.92. The Balaban J connectivity index is 1.84. The molecule has 7 heteroatoms. The van der Waals surface area contributed by atoms with Crippen molar-refractivity contribution in [3.63, 3.8) is 0 Å². The second kappa shape index (κ2) is 7.14. The number of anilines is 1. The maximum absolute atomic E-state index is 13.1. The molecule has 132 valence electrons. The summed E-state index contributed by atoms with van der Waals surface area (Å²) in [7, 11) is 0. The van der Waals surface area contributed by atoms with Crippen LogP contribution in [0.3, 0.4) is 0 Å². The zero-order chi connectivity index (χ0) is 17.9. The second-order valence-corrected chi connectivity index (χ2v) is 5.78. The Morgan fingerprint density at radius 2 is 1.96 bits per heavy atom. The highest BCUT2D eigenvalue weighted by Gasteiger charge is 2.33. The fourth-order valence-corrected chi connectivity index (χ4v) is 2.64. The molecule has 0 radical (unpaired) electrons. The summed E-state index contributed by atoms with van der Waals surface area (Å²) in [6.07, 6.45) is -2.49. The van der Waals surface area contributed by atoms with Crippen LogP contribution in [0.5, 0.6) is 0 Å². The summed E-state index contributed by atoms with van der Waals surface area (Å²) in [6, 6.07) is 11.2. The lowest BCUT2D eigenvalue weighted by molar-refractivity contribution is -0.140. The quantitative estimate of drug-likeness (QED) is 0.702. The first-order chi connectivity index (χ1) is 12.0. The molecule has 0 aliphatic carbocycles. The van der Waals surface area contributed by atoms with Gasteiger partial charge in [0.15, 0.2) is 0 Å². The lowest BCUT2D eigenvalue weighted by Gasteiger charge is -2.17. The van der Waals surface area contributed by atoms with E-state index in [2.05, 4.69) is 10.3 Å². The van der Waals surface area contributed by atoms with Gasteiger partial charge in [0.2, 0.25) is 0 Å². The van der Waals surface area contributed by atoms with E-state index < -0.39 is 11.9 Å². The fraction of sp³-hybridized carbons (Fsp3) is 0.278. The highest BCUT2D eigenvalue weighted by Crippen LogP contribution is 2.33. The number of aliphatic hydroxyl groups excluding tert-OH is 1. The van der Waals surface area contributed by atoms with E-state index >= 15 is 0 Å². The Hall–Kier alpha value is -2.54. The fourth-order valence-electron chi connectivity index (χ4n) is 2.64. The van der Waals surface area contributed by atoms with E-state index in [0.717, 1.165) is 11.8 Å². The molecule has 3 aromatic rings. The number of rotatable bonds is 6. The predicted molar refractivity (Wildman–Crippen MR) is 88.2 cm³/mol. The van der Waals surface area contributed by atoms with Gasteiger partial charge < -0.3 is 14.8 Å². The van der Waals surface area contributed by atoms with Gasteiger partial charge in [-0.25, -0.2) is 4.98 Å². The molecule has 0 saturated carbocycles. The second-order valence-electron chi connectivity index (χ2n) is 5.78. The number of fused-ring (bicyclic) bond motifs is 1. The number of alkyl halides is 3. The number of nitrogens with one attached hydrogen (secondary N) is 1. The molecule has 0 fully saturated rings. The number of nitrogens with zero attached hydrogens (tertiary/aromatic N) is 1. The largest absolute Gasteiger partial charge is 0.469 e. The van der Waals surface area contributed by atoms with E-state index in [1.807, 2.05) is 0 Å². The summed E-state index contributed by atoms with van der Waals surface area (Å²) >= 11 is 0. The van der Waals surface area contributed by atoms with Gasteiger partial charge in [0.1, 0.15) is 11.5 Å². The van der Waals surface area contributed by atoms with Gasteiger partial charge in [0.25, 0.3) is 0 Å². The first kappa shape index (κ1) is 17.3. The summed E-state index contributed by atoms with van der Waals surface area (Å²) in [5.74, 6) is 0.531. The van der Waals surface area contributed by atoms with Gasteiger partial charge in [-0.2, -0.15) is 13.2 Å². The normalized spacial score (nSPS) is 13.1. The smallest absolute Gasteiger partial charge is 0.433 e. The average molecular weight is 350 g/mol. The van der Waals surface area contributed by atoms with Crippen LogP contribution in [-0.2, 0) is 12.6 Å². The van der Waals surface area contributed by atoms with Crippen molar-refractivity contribution in [1.29, 1.82) is 0 Å². The number of hydrogen-bond acceptors (Lipinski definition) is 4. The molecule has 0 saturated heterocycles. The molecule has 0 aliphatic rings. The molecule has 3 rings (SSSR count). The molecule has 0 aliphatic heterocycles. The van der Waals surface area contributed by atoms with Gasteiger partial charge in [-0.1, -0.05) is 18.2 Å². The van der Waals surface area contributed by atoms with E-state index in [4.69, 9.17) is 4.42 Å². The minimum absolute atomic E-state index is 0.108. The summed E-state index contributed by atoms with van der Waals surface area (Å²) in [5, 5.41) is 13.1. The van der Waals surface area contributed by atoms with Crippen molar-refractivity contribution in [1.82, 2.24) is 4.98 Å². The summed E-state index contributed by atoms with van der Waals surface area (Å²) in [5.41, 5.74) is -0.331. The molecule has 4 nitrogen and oxygen atoms in total. The minimum Gasteiger partial charge on any atom is -0.469 e. The monoisotopic (exact) mass is 350 g/mol. The molecule has 1 atom stereocenters. The first-order valence-corrected chi connectivity index (χ1v) is 7.81. The van der Waals surface area contributed by atoms with E-state index in [0.29, 0.717) is 24.0 Å². The van der Waals surface area contributed by atoms with Gasteiger partial charge in [-0.3, -0.25) is 0 Å². The highest BCUT2D eigenvalue weighted by molar-refractivity contribution is 5.91. The molecular weight excluding hydrogens is 333 g/mol. The van der Waals surface area contributed by atoms with E-state index in [-0.39, 0.29) is 18.0 Å². The van der Waals surface area contributed by atoms with Crippen LogP contribution in [0.25, 0.3) is 10.9 Å². The molecule has 2 heterocycles. The van der Waals surface area contributed by atoms with Crippen LogP contribution < -0.4 is 5.32 Å². The van der Waals surface area contributed by atoms with Crippen molar-refractivity contribution < 1.29 is 22.7 Å². The maximum Gasteiger partial charge on any atom is 0.433 e. The Labute approximate surface area is 142 Å². The Kier molecular flexibility index (Phi) is 4.94.